The van der Waals surface area contributed by atoms with Crippen molar-refractivity contribution in [3.8, 4) is 0 Å². The molecule has 3 amide bonds. The summed E-state index contributed by atoms with van der Waals surface area (Å²) in [6, 6.07) is 0.367. The third-order valence-electron chi connectivity index (χ3n) is 4.29. The highest BCUT2D eigenvalue weighted by atomic mass is 16.2. The van der Waals surface area contributed by atoms with E-state index in [2.05, 4.69) is 5.32 Å². The summed E-state index contributed by atoms with van der Waals surface area (Å²) in [5.74, 6) is -0.425. The summed E-state index contributed by atoms with van der Waals surface area (Å²) in [4.78, 5) is 25.2. The zero-order valence-electron chi connectivity index (χ0n) is 11.6. The van der Waals surface area contributed by atoms with Crippen LogP contribution >= 0.6 is 0 Å². The van der Waals surface area contributed by atoms with E-state index in [4.69, 9.17) is 5.73 Å². The molecule has 0 aromatic heterocycles. The molecule has 108 valence electrons. The first-order chi connectivity index (χ1) is 9.16. The first-order valence-corrected chi connectivity index (χ1v) is 7.52. The molecule has 2 saturated carbocycles. The highest BCUT2D eigenvalue weighted by Crippen LogP contribution is 2.24. The molecule has 5 heteroatoms. The lowest BCUT2D eigenvalue weighted by Crippen LogP contribution is -2.51. The minimum absolute atomic E-state index is 0.0449. The van der Waals surface area contributed by atoms with Gasteiger partial charge in [0.15, 0.2) is 0 Å². The standard InChI is InChI=1S/C14H25N3O2/c15-13(18)10-17(12-8-4-5-9-12)14(19)16-11-6-2-1-3-7-11/h11-12H,1-10H2,(H2,15,18)(H,16,19). The van der Waals surface area contributed by atoms with E-state index in [0.29, 0.717) is 0 Å². The fraction of sp³-hybridized carbons (Fsp3) is 0.857. The summed E-state index contributed by atoms with van der Waals surface area (Å²) in [7, 11) is 0. The van der Waals surface area contributed by atoms with Gasteiger partial charge in [-0.25, -0.2) is 4.79 Å². The SMILES string of the molecule is NC(=O)CN(C(=O)NC1CCCCC1)C1CCCC1. The van der Waals surface area contributed by atoms with Gasteiger partial charge in [-0.05, 0) is 25.7 Å². The van der Waals surface area contributed by atoms with Gasteiger partial charge < -0.3 is 16.0 Å². The van der Waals surface area contributed by atoms with Crippen molar-refractivity contribution in [2.45, 2.75) is 69.9 Å². The maximum Gasteiger partial charge on any atom is 0.318 e. The van der Waals surface area contributed by atoms with Gasteiger partial charge in [0.1, 0.15) is 6.54 Å². The molecule has 0 bridgehead atoms. The third kappa shape index (κ3) is 4.11. The Kier molecular flexibility index (Phi) is 5.05. The van der Waals surface area contributed by atoms with E-state index in [1.807, 2.05) is 0 Å². The molecule has 0 radical (unpaired) electrons. The van der Waals surface area contributed by atoms with Gasteiger partial charge in [-0.15, -0.1) is 0 Å². The number of nitrogens with two attached hydrogens (primary N) is 1. The van der Waals surface area contributed by atoms with E-state index < -0.39 is 5.91 Å². The van der Waals surface area contributed by atoms with Crippen LogP contribution in [0.15, 0.2) is 0 Å². The molecule has 5 nitrogen and oxygen atoms in total. The lowest BCUT2D eigenvalue weighted by molar-refractivity contribution is -0.119. The zero-order chi connectivity index (χ0) is 13.7. The van der Waals surface area contributed by atoms with E-state index in [9.17, 15) is 9.59 Å². The van der Waals surface area contributed by atoms with Crippen molar-refractivity contribution in [1.82, 2.24) is 10.2 Å². The lowest BCUT2D eigenvalue weighted by Gasteiger charge is -2.31. The number of nitrogens with one attached hydrogen (secondary N) is 1. The molecule has 3 N–H and O–H groups in total. The van der Waals surface area contributed by atoms with Crippen molar-refractivity contribution in [2.75, 3.05) is 6.54 Å². The first-order valence-electron chi connectivity index (χ1n) is 7.52. The van der Waals surface area contributed by atoms with Crippen molar-refractivity contribution < 1.29 is 9.59 Å². The Morgan fingerprint density at radius 3 is 2.16 bits per heavy atom. The van der Waals surface area contributed by atoms with E-state index in [1.165, 1.54) is 19.3 Å². The maximum atomic E-state index is 12.3. The number of carbonyl (C=O) groups is 2. The number of urea groups is 1. The van der Waals surface area contributed by atoms with Crippen molar-refractivity contribution in [3.05, 3.63) is 0 Å². The molecular weight excluding hydrogens is 242 g/mol. The maximum absolute atomic E-state index is 12.3. The van der Waals surface area contributed by atoms with E-state index in [0.717, 1.165) is 38.5 Å². The fourth-order valence-corrected chi connectivity index (χ4v) is 3.26. The van der Waals surface area contributed by atoms with Gasteiger partial charge in [0.2, 0.25) is 5.91 Å². The first kappa shape index (κ1) is 14.2. The average molecular weight is 267 g/mol. The monoisotopic (exact) mass is 267 g/mol. The molecule has 0 saturated heterocycles. The van der Waals surface area contributed by atoms with Crippen LogP contribution in [0, 0.1) is 0 Å². The number of hydrogen-bond acceptors (Lipinski definition) is 2. The molecule has 2 aliphatic rings. The second kappa shape index (κ2) is 6.78. The number of rotatable bonds is 4. The lowest BCUT2D eigenvalue weighted by atomic mass is 9.96. The highest BCUT2D eigenvalue weighted by Gasteiger charge is 2.29. The molecule has 2 fully saturated rings. The van der Waals surface area contributed by atoms with Gasteiger partial charge in [0.05, 0.1) is 0 Å². The van der Waals surface area contributed by atoms with Crippen LogP contribution in [0.3, 0.4) is 0 Å². The van der Waals surface area contributed by atoms with Crippen LogP contribution in [0.2, 0.25) is 0 Å². The average Bonchev–Trinajstić information content (AvgIpc) is 2.90. The van der Waals surface area contributed by atoms with Gasteiger partial charge in [-0.3, -0.25) is 4.79 Å². The molecule has 19 heavy (non-hydrogen) atoms. The summed E-state index contributed by atoms with van der Waals surface area (Å²) >= 11 is 0. The third-order valence-corrected chi connectivity index (χ3v) is 4.29. The Morgan fingerprint density at radius 2 is 1.58 bits per heavy atom. The second-order valence-electron chi connectivity index (χ2n) is 5.82. The predicted molar refractivity (Wildman–Crippen MR) is 73.6 cm³/mol. The van der Waals surface area contributed by atoms with Gasteiger partial charge in [0, 0.05) is 12.1 Å². The fourth-order valence-electron chi connectivity index (χ4n) is 3.26. The normalized spacial score (nSPS) is 21.3. The van der Waals surface area contributed by atoms with Crippen LogP contribution in [0.4, 0.5) is 4.79 Å². The number of amides is 3. The van der Waals surface area contributed by atoms with E-state index >= 15 is 0 Å². The Bertz CT molecular complexity index is 321. The van der Waals surface area contributed by atoms with Gasteiger partial charge in [-0.1, -0.05) is 32.1 Å². The number of hydrogen-bond donors (Lipinski definition) is 2. The Balaban J connectivity index is 1.91. The molecule has 0 aromatic rings. The van der Waals surface area contributed by atoms with Crippen molar-refractivity contribution in [1.29, 1.82) is 0 Å². The Hall–Kier alpha value is -1.26. The smallest absolute Gasteiger partial charge is 0.318 e. The summed E-state index contributed by atoms with van der Waals surface area (Å²) in [6.45, 7) is 0.0449. The molecule has 2 aliphatic carbocycles. The van der Waals surface area contributed by atoms with Crippen LogP contribution in [-0.4, -0.2) is 35.5 Å². The quantitative estimate of drug-likeness (QED) is 0.814. The minimum Gasteiger partial charge on any atom is -0.368 e. The summed E-state index contributed by atoms with van der Waals surface area (Å²) in [5, 5.41) is 3.08. The van der Waals surface area contributed by atoms with Gasteiger partial charge in [-0.2, -0.15) is 0 Å². The Morgan fingerprint density at radius 1 is 1.00 bits per heavy atom. The molecule has 0 aromatic carbocycles. The second-order valence-corrected chi connectivity index (χ2v) is 5.82. The number of nitrogens with zero attached hydrogens (tertiary/aromatic N) is 1. The molecule has 2 rings (SSSR count). The van der Waals surface area contributed by atoms with Crippen LogP contribution in [-0.2, 0) is 4.79 Å². The molecule has 0 spiro atoms. The Labute approximate surface area is 114 Å². The van der Waals surface area contributed by atoms with E-state index in [1.54, 1.807) is 4.90 Å². The summed E-state index contributed by atoms with van der Waals surface area (Å²) in [5.41, 5.74) is 5.27. The van der Waals surface area contributed by atoms with Crippen molar-refractivity contribution in [3.63, 3.8) is 0 Å². The molecular formula is C14H25N3O2. The molecule has 0 atom stereocenters. The number of primary amides is 1. The topological polar surface area (TPSA) is 75.4 Å². The van der Waals surface area contributed by atoms with E-state index in [-0.39, 0.29) is 24.7 Å². The zero-order valence-corrected chi connectivity index (χ0v) is 11.6. The molecule has 0 aliphatic heterocycles. The molecule has 0 heterocycles. The van der Waals surface area contributed by atoms with Crippen LogP contribution < -0.4 is 11.1 Å². The summed E-state index contributed by atoms with van der Waals surface area (Å²) in [6.07, 6.45) is 10.0. The van der Waals surface area contributed by atoms with Crippen LogP contribution in [0.1, 0.15) is 57.8 Å². The van der Waals surface area contributed by atoms with Gasteiger partial charge >= 0.3 is 6.03 Å². The largest absolute Gasteiger partial charge is 0.368 e. The van der Waals surface area contributed by atoms with Crippen LogP contribution in [0.5, 0.6) is 0 Å². The highest BCUT2D eigenvalue weighted by molar-refractivity contribution is 5.83. The van der Waals surface area contributed by atoms with Gasteiger partial charge in [0.25, 0.3) is 0 Å². The van der Waals surface area contributed by atoms with Crippen molar-refractivity contribution >= 4 is 11.9 Å². The predicted octanol–water partition coefficient (Wildman–Crippen LogP) is 1.76. The number of carbonyl (C=O) groups excluding carboxylic acids is 2. The van der Waals surface area contributed by atoms with Crippen molar-refractivity contribution in [2.24, 2.45) is 5.73 Å². The minimum atomic E-state index is -0.425. The van der Waals surface area contributed by atoms with Crippen LogP contribution in [0.25, 0.3) is 0 Å². The summed E-state index contributed by atoms with van der Waals surface area (Å²) < 4.78 is 0. The molecule has 0 unspecified atom stereocenters.